The van der Waals surface area contributed by atoms with Crippen molar-refractivity contribution in [3.63, 3.8) is 0 Å². The zero-order valence-electron chi connectivity index (χ0n) is 11.0. The van der Waals surface area contributed by atoms with Gasteiger partial charge in [-0.15, -0.1) is 0 Å². The van der Waals surface area contributed by atoms with Gasteiger partial charge in [0, 0.05) is 17.7 Å². The fourth-order valence-electron chi connectivity index (χ4n) is 1.94. The van der Waals surface area contributed by atoms with E-state index in [0.717, 1.165) is 31.4 Å². The minimum atomic E-state index is -0.283. The van der Waals surface area contributed by atoms with Crippen LogP contribution in [0.3, 0.4) is 0 Å². The average molecular weight is 248 g/mol. The maximum absolute atomic E-state index is 11.9. The smallest absolute Gasteiger partial charge is 0.261 e. The molecule has 1 fully saturated rings. The van der Waals surface area contributed by atoms with Gasteiger partial charge in [-0.25, -0.2) is 0 Å². The number of amides is 1. The van der Waals surface area contributed by atoms with Crippen LogP contribution in [0.5, 0.6) is 0 Å². The van der Waals surface area contributed by atoms with Crippen LogP contribution in [-0.4, -0.2) is 17.4 Å². The van der Waals surface area contributed by atoms with Crippen molar-refractivity contribution in [2.24, 2.45) is 0 Å². The van der Waals surface area contributed by atoms with Gasteiger partial charge in [0.05, 0.1) is 0 Å². The molecule has 0 unspecified atom stereocenters. The first-order valence-corrected chi connectivity index (χ1v) is 6.59. The topological polar surface area (TPSA) is 62.0 Å². The number of aromatic amines is 1. The van der Waals surface area contributed by atoms with E-state index in [0.29, 0.717) is 6.54 Å². The van der Waals surface area contributed by atoms with E-state index in [1.165, 1.54) is 0 Å². The summed E-state index contributed by atoms with van der Waals surface area (Å²) in [5.74, 6) is -0.280. The number of carbonyl (C=O) groups excluding carboxylic acids is 1. The molecular weight excluding hydrogens is 228 g/mol. The SMILES string of the molecule is CCCCNC(=O)c1ccc(C2(C)CC2)[nH]c1=O. The Labute approximate surface area is 107 Å². The molecule has 1 aliphatic carbocycles. The van der Waals surface area contributed by atoms with Crippen LogP contribution in [0.25, 0.3) is 0 Å². The second-order valence-corrected chi connectivity index (χ2v) is 5.28. The van der Waals surface area contributed by atoms with E-state index >= 15 is 0 Å². The fraction of sp³-hybridized carbons (Fsp3) is 0.571. The van der Waals surface area contributed by atoms with Crippen LogP contribution in [0, 0.1) is 0 Å². The van der Waals surface area contributed by atoms with Gasteiger partial charge in [-0.3, -0.25) is 9.59 Å². The van der Waals surface area contributed by atoms with Crippen molar-refractivity contribution in [1.82, 2.24) is 10.3 Å². The number of nitrogens with one attached hydrogen (secondary N) is 2. The fourth-order valence-corrected chi connectivity index (χ4v) is 1.94. The van der Waals surface area contributed by atoms with Crippen molar-refractivity contribution < 1.29 is 4.79 Å². The largest absolute Gasteiger partial charge is 0.352 e. The van der Waals surface area contributed by atoms with E-state index in [2.05, 4.69) is 24.1 Å². The van der Waals surface area contributed by atoms with Gasteiger partial charge in [0.25, 0.3) is 11.5 Å². The number of hydrogen-bond donors (Lipinski definition) is 2. The molecule has 2 N–H and O–H groups in total. The second-order valence-electron chi connectivity index (χ2n) is 5.28. The molecule has 4 nitrogen and oxygen atoms in total. The van der Waals surface area contributed by atoms with Crippen LogP contribution < -0.4 is 10.9 Å². The minimum absolute atomic E-state index is 0.121. The van der Waals surface area contributed by atoms with Crippen molar-refractivity contribution in [3.05, 3.63) is 33.7 Å². The van der Waals surface area contributed by atoms with Gasteiger partial charge < -0.3 is 10.3 Å². The molecule has 0 aliphatic heterocycles. The Kier molecular flexibility index (Phi) is 3.55. The highest BCUT2D eigenvalue weighted by atomic mass is 16.2. The van der Waals surface area contributed by atoms with Gasteiger partial charge in [-0.1, -0.05) is 20.3 Å². The summed E-state index contributed by atoms with van der Waals surface area (Å²) in [7, 11) is 0. The van der Waals surface area contributed by atoms with Gasteiger partial charge >= 0.3 is 0 Å². The van der Waals surface area contributed by atoms with Crippen molar-refractivity contribution in [3.8, 4) is 0 Å². The Bertz CT molecular complexity index is 501. The molecule has 1 amide bonds. The lowest BCUT2D eigenvalue weighted by Crippen LogP contribution is -2.31. The minimum Gasteiger partial charge on any atom is -0.352 e. The zero-order chi connectivity index (χ0) is 13.2. The zero-order valence-corrected chi connectivity index (χ0v) is 11.0. The molecule has 1 aromatic heterocycles. The normalized spacial score (nSPS) is 16.3. The molecular formula is C14H20N2O2. The quantitative estimate of drug-likeness (QED) is 0.782. The van der Waals surface area contributed by atoms with Crippen molar-refractivity contribution in [1.29, 1.82) is 0 Å². The summed E-state index contributed by atoms with van der Waals surface area (Å²) in [6.07, 6.45) is 4.16. The number of hydrogen-bond acceptors (Lipinski definition) is 2. The van der Waals surface area contributed by atoms with E-state index in [9.17, 15) is 9.59 Å². The van der Waals surface area contributed by atoms with Crippen LogP contribution in [-0.2, 0) is 5.41 Å². The molecule has 0 aromatic carbocycles. The van der Waals surface area contributed by atoms with E-state index < -0.39 is 0 Å². The molecule has 2 rings (SSSR count). The number of unbranched alkanes of at least 4 members (excludes halogenated alkanes) is 1. The Morgan fingerprint density at radius 1 is 1.44 bits per heavy atom. The van der Waals surface area contributed by atoms with E-state index in [1.807, 2.05) is 6.07 Å². The summed E-state index contributed by atoms with van der Waals surface area (Å²) in [6, 6.07) is 3.50. The third-order valence-electron chi connectivity index (χ3n) is 3.62. The summed E-state index contributed by atoms with van der Waals surface area (Å²) in [5.41, 5.74) is 0.988. The van der Waals surface area contributed by atoms with Gasteiger partial charge in [-0.2, -0.15) is 0 Å². The summed E-state index contributed by atoms with van der Waals surface area (Å²) >= 11 is 0. The monoisotopic (exact) mass is 248 g/mol. The first-order valence-electron chi connectivity index (χ1n) is 6.59. The van der Waals surface area contributed by atoms with Gasteiger partial charge in [-0.05, 0) is 31.4 Å². The lowest BCUT2D eigenvalue weighted by atomic mass is 10.0. The van der Waals surface area contributed by atoms with Crippen LogP contribution in [0.4, 0.5) is 0 Å². The average Bonchev–Trinajstić information content (AvgIpc) is 3.08. The summed E-state index contributed by atoms with van der Waals surface area (Å²) in [5, 5.41) is 2.76. The Morgan fingerprint density at radius 3 is 2.72 bits per heavy atom. The molecule has 0 spiro atoms. The predicted octanol–water partition coefficient (Wildman–Crippen LogP) is 1.96. The molecule has 0 atom stereocenters. The summed E-state index contributed by atoms with van der Waals surface area (Å²) in [4.78, 5) is 26.5. The summed E-state index contributed by atoms with van der Waals surface area (Å²) in [6.45, 7) is 4.80. The molecule has 0 bridgehead atoms. The molecule has 1 heterocycles. The highest BCUT2D eigenvalue weighted by Crippen LogP contribution is 2.46. The standard InChI is InChI=1S/C14H20N2O2/c1-3-4-9-15-12(17)10-5-6-11(16-13(10)18)14(2)7-8-14/h5-6H,3-4,7-9H2,1-2H3,(H,15,17)(H,16,18). The third kappa shape index (κ3) is 2.63. The first-order chi connectivity index (χ1) is 8.57. The van der Waals surface area contributed by atoms with Crippen LogP contribution in [0.15, 0.2) is 16.9 Å². The van der Waals surface area contributed by atoms with Crippen molar-refractivity contribution in [2.45, 2.75) is 44.9 Å². The molecule has 98 valence electrons. The van der Waals surface area contributed by atoms with E-state index in [1.54, 1.807) is 6.07 Å². The van der Waals surface area contributed by atoms with Gasteiger partial charge in [0.15, 0.2) is 0 Å². The first kappa shape index (κ1) is 12.9. The predicted molar refractivity (Wildman–Crippen MR) is 70.9 cm³/mol. The number of H-pyrrole nitrogens is 1. The number of pyridine rings is 1. The van der Waals surface area contributed by atoms with Crippen molar-refractivity contribution in [2.75, 3.05) is 6.54 Å². The molecule has 4 heteroatoms. The second kappa shape index (κ2) is 4.96. The van der Waals surface area contributed by atoms with Crippen LogP contribution in [0.1, 0.15) is 55.6 Å². The highest BCUT2D eigenvalue weighted by molar-refractivity contribution is 5.93. The van der Waals surface area contributed by atoms with E-state index in [4.69, 9.17) is 0 Å². The van der Waals surface area contributed by atoms with E-state index in [-0.39, 0.29) is 22.4 Å². The Balaban J connectivity index is 2.10. The maximum atomic E-state index is 11.9. The number of carbonyl (C=O) groups is 1. The van der Waals surface area contributed by atoms with Crippen LogP contribution in [0.2, 0.25) is 0 Å². The lowest BCUT2D eigenvalue weighted by molar-refractivity contribution is 0.0951. The van der Waals surface area contributed by atoms with Gasteiger partial charge in [0.2, 0.25) is 0 Å². The molecule has 1 aliphatic rings. The molecule has 1 saturated carbocycles. The van der Waals surface area contributed by atoms with Crippen molar-refractivity contribution >= 4 is 5.91 Å². The molecule has 1 aromatic rings. The molecule has 0 saturated heterocycles. The number of aromatic nitrogens is 1. The number of rotatable bonds is 5. The summed E-state index contributed by atoms with van der Waals surface area (Å²) < 4.78 is 0. The Morgan fingerprint density at radius 2 is 2.17 bits per heavy atom. The molecule has 18 heavy (non-hydrogen) atoms. The highest BCUT2D eigenvalue weighted by Gasteiger charge is 2.40. The lowest BCUT2D eigenvalue weighted by Gasteiger charge is -2.09. The maximum Gasteiger partial charge on any atom is 0.261 e. The third-order valence-corrected chi connectivity index (χ3v) is 3.62. The molecule has 0 radical (unpaired) electrons. The Hall–Kier alpha value is -1.58. The van der Waals surface area contributed by atoms with Crippen LogP contribution >= 0.6 is 0 Å². The van der Waals surface area contributed by atoms with Gasteiger partial charge in [0.1, 0.15) is 5.56 Å².